The lowest BCUT2D eigenvalue weighted by atomic mass is 9.85. The lowest BCUT2D eigenvalue weighted by molar-refractivity contribution is -0.158. The van der Waals surface area contributed by atoms with Crippen molar-refractivity contribution in [3.8, 4) is 0 Å². The molecule has 1 N–H and O–H groups in total. The molecule has 0 aromatic rings. The first-order valence-corrected chi connectivity index (χ1v) is 7.79. The maximum Gasteiger partial charge on any atom is 0.249 e. The van der Waals surface area contributed by atoms with Crippen LogP contribution < -0.4 is 5.32 Å². The van der Waals surface area contributed by atoms with Crippen molar-refractivity contribution in [3.05, 3.63) is 0 Å². The third-order valence-corrected chi connectivity index (χ3v) is 4.37. The minimum atomic E-state index is -0.603. The largest absolute Gasteiger partial charge is 0.340 e. The molecule has 0 bridgehead atoms. The minimum Gasteiger partial charge on any atom is -0.340 e. The van der Waals surface area contributed by atoms with Gasteiger partial charge in [0.2, 0.25) is 11.8 Å². The van der Waals surface area contributed by atoms with Gasteiger partial charge in [-0.2, -0.15) is 0 Å². The smallest absolute Gasteiger partial charge is 0.249 e. The second-order valence-electron chi connectivity index (χ2n) is 7.96. The first-order valence-electron chi connectivity index (χ1n) is 7.79. The third kappa shape index (κ3) is 2.70. The van der Waals surface area contributed by atoms with Crippen LogP contribution in [0.1, 0.15) is 60.3 Å². The molecule has 0 radical (unpaired) electrons. The first kappa shape index (κ1) is 15.3. The number of amides is 2. The summed E-state index contributed by atoms with van der Waals surface area (Å²) in [5.41, 5.74) is -0.603. The highest BCUT2D eigenvalue weighted by molar-refractivity contribution is 6.00. The Morgan fingerprint density at radius 2 is 1.80 bits per heavy atom. The van der Waals surface area contributed by atoms with Crippen LogP contribution in [0.3, 0.4) is 0 Å². The summed E-state index contributed by atoms with van der Waals surface area (Å²) in [6.07, 6.45) is 3.65. The minimum absolute atomic E-state index is 0.000213. The Labute approximate surface area is 122 Å². The molecule has 1 aliphatic carbocycles. The van der Waals surface area contributed by atoms with Crippen molar-refractivity contribution in [1.29, 1.82) is 0 Å². The molecule has 1 saturated heterocycles. The third-order valence-electron chi connectivity index (χ3n) is 4.37. The van der Waals surface area contributed by atoms with E-state index in [-0.39, 0.29) is 29.2 Å². The van der Waals surface area contributed by atoms with E-state index in [1.807, 2.05) is 18.7 Å². The van der Waals surface area contributed by atoms with Crippen molar-refractivity contribution in [2.45, 2.75) is 71.9 Å². The number of hydrogen-bond acceptors (Lipinski definition) is 2. The van der Waals surface area contributed by atoms with Crippen LogP contribution in [0.25, 0.3) is 0 Å². The van der Waals surface area contributed by atoms with Gasteiger partial charge < -0.3 is 10.2 Å². The summed E-state index contributed by atoms with van der Waals surface area (Å²) >= 11 is 0. The van der Waals surface area contributed by atoms with E-state index in [9.17, 15) is 9.59 Å². The lowest BCUT2D eigenvalue weighted by Gasteiger charge is -2.47. The molecule has 2 aliphatic rings. The van der Waals surface area contributed by atoms with Crippen LogP contribution in [0.4, 0.5) is 0 Å². The Hall–Kier alpha value is -1.06. The molecule has 0 aromatic heterocycles. The number of carbonyl (C=O) groups is 2. The molecule has 1 atom stereocenters. The zero-order chi connectivity index (χ0) is 15.1. The molecular formula is C16H28N2O2. The van der Waals surface area contributed by atoms with Crippen molar-refractivity contribution in [1.82, 2.24) is 10.2 Å². The molecule has 114 valence electrons. The SMILES string of the molecule is CC(C)C1C(=O)NC2(CCCC2)C(=O)N1CC(C)(C)C. The van der Waals surface area contributed by atoms with Crippen LogP contribution in [0.2, 0.25) is 0 Å². The van der Waals surface area contributed by atoms with E-state index in [4.69, 9.17) is 0 Å². The quantitative estimate of drug-likeness (QED) is 0.844. The molecule has 1 heterocycles. The van der Waals surface area contributed by atoms with Crippen LogP contribution in [-0.2, 0) is 9.59 Å². The topological polar surface area (TPSA) is 49.4 Å². The first-order chi connectivity index (χ1) is 9.16. The number of piperazine rings is 1. The standard InChI is InChI=1S/C16H28N2O2/c1-11(2)12-13(19)17-16(8-6-7-9-16)14(20)18(12)10-15(3,4)5/h11-12H,6-10H2,1-5H3,(H,17,19). The Balaban J connectivity index is 2.33. The number of nitrogens with zero attached hydrogens (tertiary/aromatic N) is 1. The van der Waals surface area contributed by atoms with E-state index in [0.717, 1.165) is 25.7 Å². The van der Waals surface area contributed by atoms with Gasteiger partial charge in [-0.15, -0.1) is 0 Å². The molecule has 2 rings (SSSR count). The average molecular weight is 280 g/mol. The summed E-state index contributed by atoms with van der Waals surface area (Å²) in [5.74, 6) is 0.314. The summed E-state index contributed by atoms with van der Waals surface area (Å²) in [5, 5.41) is 3.06. The van der Waals surface area contributed by atoms with Crippen molar-refractivity contribution < 1.29 is 9.59 Å². The van der Waals surface area contributed by atoms with Gasteiger partial charge >= 0.3 is 0 Å². The van der Waals surface area contributed by atoms with Crippen LogP contribution in [-0.4, -0.2) is 34.8 Å². The maximum atomic E-state index is 13.0. The molecule has 4 heteroatoms. The van der Waals surface area contributed by atoms with E-state index in [1.54, 1.807) is 0 Å². The van der Waals surface area contributed by atoms with Gasteiger partial charge in [-0.25, -0.2) is 0 Å². The van der Waals surface area contributed by atoms with Crippen molar-refractivity contribution in [2.75, 3.05) is 6.54 Å². The van der Waals surface area contributed by atoms with Gasteiger partial charge in [0.1, 0.15) is 11.6 Å². The summed E-state index contributed by atoms with van der Waals surface area (Å²) in [6.45, 7) is 11.0. The van der Waals surface area contributed by atoms with E-state index in [2.05, 4.69) is 26.1 Å². The molecule has 2 fully saturated rings. The Morgan fingerprint density at radius 1 is 1.25 bits per heavy atom. The van der Waals surface area contributed by atoms with E-state index in [0.29, 0.717) is 6.54 Å². The van der Waals surface area contributed by atoms with E-state index >= 15 is 0 Å². The Morgan fingerprint density at radius 3 is 2.25 bits per heavy atom. The van der Waals surface area contributed by atoms with Crippen LogP contribution in [0, 0.1) is 11.3 Å². The summed E-state index contributed by atoms with van der Waals surface area (Å²) in [7, 11) is 0. The fourth-order valence-corrected chi connectivity index (χ4v) is 3.57. The normalized spacial score (nSPS) is 26.5. The highest BCUT2D eigenvalue weighted by atomic mass is 16.2. The fraction of sp³-hybridized carbons (Fsp3) is 0.875. The maximum absolute atomic E-state index is 13.0. The van der Waals surface area contributed by atoms with Crippen LogP contribution in [0.5, 0.6) is 0 Å². The van der Waals surface area contributed by atoms with E-state index < -0.39 is 5.54 Å². The summed E-state index contributed by atoms with van der Waals surface area (Å²) < 4.78 is 0. The molecule has 2 amide bonds. The summed E-state index contributed by atoms with van der Waals surface area (Å²) in [4.78, 5) is 27.4. The molecule has 20 heavy (non-hydrogen) atoms. The van der Waals surface area contributed by atoms with Crippen molar-refractivity contribution >= 4 is 11.8 Å². The van der Waals surface area contributed by atoms with Gasteiger partial charge in [0.15, 0.2) is 0 Å². The second kappa shape index (κ2) is 5.05. The van der Waals surface area contributed by atoms with Gasteiger partial charge in [0.25, 0.3) is 0 Å². The van der Waals surface area contributed by atoms with Crippen molar-refractivity contribution in [3.63, 3.8) is 0 Å². The zero-order valence-corrected chi connectivity index (χ0v) is 13.5. The van der Waals surface area contributed by atoms with Crippen molar-refractivity contribution in [2.24, 2.45) is 11.3 Å². The molecule has 1 aliphatic heterocycles. The number of carbonyl (C=O) groups excluding carboxylic acids is 2. The van der Waals surface area contributed by atoms with Crippen LogP contribution >= 0.6 is 0 Å². The fourth-order valence-electron chi connectivity index (χ4n) is 3.57. The highest BCUT2D eigenvalue weighted by Crippen LogP contribution is 2.36. The van der Waals surface area contributed by atoms with Gasteiger partial charge in [0.05, 0.1) is 0 Å². The monoisotopic (exact) mass is 280 g/mol. The second-order valence-corrected chi connectivity index (χ2v) is 7.96. The molecule has 4 nitrogen and oxygen atoms in total. The predicted molar refractivity (Wildman–Crippen MR) is 79.1 cm³/mol. The van der Waals surface area contributed by atoms with Gasteiger partial charge in [-0.3, -0.25) is 9.59 Å². The average Bonchev–Trinajstić information content (AvgIpc) is 2.72. The van der Waals surface area contributed by atoms with Crippen LogP contribution in [0.15, 0.2) is 0 Å². The number of hydrogen-bond donors (Lipinski definition) is 1. The molecule has 0 aromatic carbocycles. The highest BCUT2D eigenvalue weighted by Gasteiger charge is 2.53. The lowest BCUT2D eigenvalue weighted by Crippen LogP contribution is -2.71. The molecular weight excluding hydrogens is 252 g/mol. The Bertz CT molecular complexity index is 403. The number of nitrogens with one attached hydrogen (secondary N) is 1. The molecule has 1 spiro atoms. The van der Waals surface area contributed by atoms with Gasteiger partial charge in [-0.05, 0) is 24.2 Å². The number of rotatable bonds is 2. The molecule has 1 unspecified atom stereocenters. The molecule has 1 saturated carbocycles. The van der Waals surface area contributed by atoms with Gasteiger partial charge in [-0.1, -0.05) is 47.5 Å². The predicted octanol–water partition coefficient (Wildman–Crippen LogP) is 2.33. The van der Waals surface area contributed by atoms with E-state index in [1.165, 1.54) is 0 Å². The van der Waals surface area contributed by atoms with Gasteiger partial charge in [0, 0.05) is 6.54 Å². The summed E-state index contributed by atoms with van der Waals surface area (Å²) in [6, 6.07) is -0.326. The zero-order valence-electron chi connectivity index (χ0n) is 13.5. The Kier molecular flexibility index (Phi) is 3.87.